The smallest absolute Gasteiger partial charge is 0.305 e. The van der Waals surface area contributed by atoms with Gasteiger partial charge < -0.3 is 9.67 Å². The predicted molar refractivity (Wildman–Crippen MR) is 107 cm³/mol. The normalized spacial score (nSPS) is 16.7. The summed E-state index contributed by atoms with van der Waals surface area (Å²) >= 11 is 0. The maximum absolute atomic E-state index is 13.1. The Kier molecular flexibility index (Phi) is 5.14. The zero-order valence-corrected chi connectivity index (χ0v) is 16.5. The molecule has 8 heteroatoms. The van der Waals surface area contributed by atoms with Crippen molar-refractivity contribution >= 4 is 26.9 Å². The third-order valence-corrected chi connectivity index (χ3v) is 6.91. The molecule has 0 spiro atoms. The predicted octanol–water partition coefficient (Wildman–Crippen LogP) is 3.09. The van der Waals surface area contributed by atoms with Crippen LogP contribution >= 0.6 is 0 Å². The molecule has 6 nitrogen and oxygen atoms in total. The molecule has 1 atom stereocenters. The molecule has 0 aliphatic heterocycles. The van der Waals surface area contributed by atoms with Crippen LogP contribution in [0, 0.1) is 5.82 Å². The summed E-state index contributed by atoms with van der Waals surface area (Å²) in [5.41, 5.74) is 3.11. The minimum Gasteiger partial charge on any atom is -0.481 e. The molecule has 0 saturated carbocycles. The van der Waals surface area contributed by atoms with Crippen LogP contribution in [0.5, 0.6) is 0 Å². The fourth-order valence-corrected chi connectivity index (χ4v) is 5.33. The highest BCUT2D eigenvalue weighted by molar-refractivity contribution is 7.89. The second kappa shape index (κ2) is 7.61. The SMILES string of the molecule is O=C(O)CCn1c2c(c3ccccc31)CCC(NS(=O)(=O)c1ccc(F)cc1)C2. The summed E-state index contributed by atoms with van der Waals surface area (Å²) in [6.07, 6.45) is 1.81. The van der Waals surface area contributed by atoms with Crippen LogP contribution in [0.4, 0.5) is 4.39 Å². The van der Waals surface area contributed by atoms with E-state index in [0.717, 1.165) is 34.3 Å². The van der Waals surface area contributed by atoms with Crippen molar-refractivity contribution in [1.29, 1.82) is 0 Å². The van der Waals surface area contributed by atoms with Crippen LogP contribution in [-0.4, -0.2) is 30.1 Å². The second-order valence-corrected chi connectivity index (χ2v) is 8.97. The third-order valence-electron chi connectivity index (χ3n) is 5.37. The summed E-state index contributed by atoms with van der Waals surface area (Å²) in [6.45, 7) is 0.336. The van der Waals surface area contributed by atoms with Gasteiger partial charge in [-0.1, -0.05) is 18.2 Å². The number of rotatable bonds is 6. The number of carbonyl (C=O) groups is 1. The Bertz CT molecular complexity index is 1170. The monoisotopic (exact) mass is 416 g/mol. The Balaban J connectivity index is 1.63. The first-order chi connectivity index (χ1) is 13.8. The van der Waals surface area contributed by atoms with Crippen LogP contribution in [-0.2, 0) is 34.2 Å². The lowest BCUT2D eigenvalue weighted by atomic mass is 9.92. The number of fused-ring (bicyclic) bond motifs is 3. The first kappa shape index (κ1) is 19.6. The Hall–Kier alpha value is -2.71. The lowest BCUT2D eigenvalue weighted by molar-refractivity contribution is -0.137. The Morgan fingerprint density at radius 1 is 1.17 bits per heavy atom. The molecule has 1 aromatic heterocycles. The van der Waals surface area contributed by atoms with E-state index in [-0.39, 0.29) is 17.4 Å². The van der Waals surface area contributed by atoms with E-state index >= 15 is 0 Å². The molecule has 2 aromatic carbocycles. The van der Waals surface area contributed by atoms with Gasteiger partial charge in [-0.2, -0.15) is 0 Å². The number of sulfonamides is 1. The molecule has 3 aromatic rings. The number of benzene rings is 2. The summed E-state index contributed by atoms with van der Waals surface area (Å²) in [4.78, 5) is 11.1. The van der Waals surface area contributed by atoms with E-state index in [4.69, 9.17) is 5.11 Å². The number of nitrogens with one attached hydrogen (secondary N) is 1. The van der Waals surface area contributed by atoms with Gasteiger partial charge in [0, 0.05) is 35.6 Å². The van der Waals surface area contributed by atoms with Gasteiger partial charge >= 0.3 is 5.97 Å². The first-order valence-electron chi connectivity index (χ1n) is 9.44. The minimum absolute atomic E-state index is 0.00289. The number of aliphatic carboxylic acids is 1. The lowest BCUT2D eigenvalue weighted by Gasteiger charge is -2.25. The van der Waals surface area contributed by atoms with Crippen LogP contribution in [0.2, 0.25) is 0 Å². The van der Waals surface area contributed by atoms with Gasteiger partial charge in [-0.05, 0) is 48.7 Å². The highest BCUT2D eigenvalue weighted by Gasteiger charge is 2.28. The topological polar surface area (TPSA) is 88.4 Å². The number of halogens is 1. The molecule has 0 amide bonds. The molecule has 4 rings (SSSR count). The zero-order valence-electron chi connectivity index (χ0n) is 15.6. The van der Waals surface area contributed by atoms with Gasteiger partial charge in [0.15, 0.2) is 0 Å². The van der Waals surface area contributed by atoms with Crippen molar-refractivity contribution in [2.45, 2.75) is 43.2 Å². The molecular weight excluding hydrogens is 395 g/mol. The van der Waals surface area contributed by atoms with E-state index < -0.39 is 21.8 Å². The summed E-state index contributed by atoms with van der Waals surface area (Å²) in [5, 5.41) is 10.2. The Morgan fingerprint density at radius 2 is 1.90 bits per heavy atom. The number of aryl methyl sites for hydroxylation is 2. The van der Waals surface area contributed by atoms with Crippen molar-refractivity contribution in [3.8, 4) is 0 Å². The molecule has 0 radical (unpaired) electrons. The number of nitrogens with zero attached hydrogens (tertiary/aromatic N) is 1. The van der Waals surface area contributed by atoms with Gasteiger partial charge in [0.25, 0.3) is 0 Å². The van der Waals surface area contributed by atoms with Crippen molar-refractivity contribution < 1.29 is 22.7 Å². The number of carboxylic acid groups (broad SMARTS) is 1. The average molecular weight is 416 g/mol. The van der Waals surface area contributed by atoms with Crippen molar-refractivity contribution in [3.63, 3.8) is 0 Å². The van der Waals surface area contributed by atoms with E-state index in [1.165, 1.54) is 12.1 Å². The number of aromatic nitrogens is 1. The molecule has 1 heterocycles. The van der Waals surface area contributed by atoms with Crippen LogP contribution in [0.1, 0.15) is 24.1 Å². The van der Waals surface area contributed by atoms with Crippen molar-refractivity contribution in [1.82, 2.24) is 9.29 Å². The molecule has 0 bridgehead atoms. The zero-order chi connectivity index (χ0) is 20.6. The number of carboxylic acids is 1. The molecule has 152 valence electrons. The highest BCUT2D eigenvalue weighted by atomic mass is 32.2. The molecule has 1 aliphatic rings. The first-order valence-corrected chi connectivity index (χ1v) is 10.9. The maximum Gasteiger partial charge on any atom is 0.305 e. The van der Waals surface area contributed by atoms with Gasteiger partial charge in [-0.25, -0.2) is 17.5 Å². The van der Waals surface area contributed by atoms with Crippen LogP contribution in [0.25, 0.3) is 10.9 Å². The van der Waals surface area contributed by atoms with Crippen molar-refractivity contribution in [2.24, 2.45) is 0 Å². The fraction of sp³-hybridized carbons (Fsp3) is 0.286. The van der Waals surface area contributed by atoms with Crippen LogP contribution in [0.3, 0.4) is 0 Å². The summed E-state index contributed by atoms with van der Waals surface area (Å²) in [5.74, 6) is -1.37. The lowest BCUT2D eigenvalue weighted by Crippen LogP contribution is -2.39. The van der Waals surface area contributed by atoms with Crippen LogP contribution in [0.15, 0.2) is 53.4 Å². The molecule has 1 unspecified atom stereocenters. The standard InChI is InChI=1S/C21H21FN2O4S/c22-14-5-8-16(9-6-14)29(27,28)23-15-7-10-18-17-3-1-2-4-19(17)24(20(18)13-15)12-11-21(25)26/h1-6,8-9,15,23H,7,10-13H2,(H,25,26). The number of hydrogen-bond acceptors (Lipinski definition) is 3. The van der Waals surface area contributed by atoms with Crippen molar-refractivity contribution in [3.05, 3.63) is 65.6 Å². The van der Waals surface area contributed by atoms with Crippen LogP contribution < -0.4 is 4.72 Å². The maximum atomic E-state index is 13.1. The van der Waals surface area contributed by atoms with E-state index in [9.17, 15) is 17.6 Å². The number of para-hydroxylation sites is 1. The van der Waals surface area contributed by atoms with E-state index in [2.05, 4.69) is 4.72 Å². The Labute approximate surface area is 168 Å². The van der Waals surface area contributed by atoms with Gasteiger partial charge in [0.05, 0.1) is 11.3 Å². The van der Waals surface area contributed by atoms with E-state index in [0.29, 0.717) is 25.8 Å². The minimum atomic E-state index is -3.77. The van der Waals surface area contributed by atoms with E-state index in [1.807, 2.05) is 28.8 Å². The molecule has 29 heavy (non-hydrogen) atoms. The van der Waals surface area contributed by atoms with E-state index in [1.54, 1.807) is 0 Å². The molecule has 2 N–H and O–H groups in total. The third kappa shape index (κ3) is 3.90. The van der Waals surface area contributed by atoms with Gasteiger partial charge in [0.1, 0.15) is 5.82 Å². The average Bonchev–Trinajstić information content (AvgIpc) is 2.99. The molecule has 1 aliphatic carbocycles. The summed E-state index contributed by atoms with van der Waals surface area (Å²) in [6, 6.07) is 12.3. The fourth-order valence-electron chi connectivity index (χ4n) is 4.06. The summed E-state index contributed by atoms with van der Waals surface area (Å²) < 4.78 is 43.2. The quantitative estimate of drug-likeness (QED) is 0.646. The van der Waals surface area contributed by atoms with Crippen molar-refractivity contribution in [2.75, 3.05) is 0 Å². The van der Waals surface area contributed by atoms with Gasteiger partial charge in [-0.15, -0.1) is 0 Å². The number of hydrogen-bond donors (Lipinski definition) is 2. The molecule has 0 fully saturated rings. The molecular formula is C21H21FN2O4S. The largest absolute Gasteiger partial charge is 0.481 e. The van der Waals surface area contributed by atoms with Gasteiger partial charge in [-0.3, -0.25) is 4.79 Å². The Morgan fingerprint density at radius 3 is 2.62 bits per heavy atom. The molecule has 0 saturated heterocycles. The second-order valence-electron chi connectivity index (χ2n) is 7.25. The highest BCUT2D eigenvalue weighted by Crippen LogP contribution is 2.33. The summed E-state index contributed by atoms with van der Waals surface area (Å²) in [7, 11) is -3.77. The van der Waals surface area contributed by atoms with Gasteiger partial charge in [0.2, 0.25) is 10.0 Å².